The Morgan fingerprint density at radius 2 is 1.77 bits per heavy atom. The number of aromatic nitrogens is 1. The molecule has 0 bridgehead atoms. The number of amides is 1. The van der Waals surface area contributed by atoms with Crippen LogP contribution < -0.4 is 10.1 Å². The van der Waals surface area contributed by atoms with E-state index in [0.29, 0.717) is 37.4 Å². The zero-order valence-corrected chi connectivity index (χ0v) is 17.3. The highest BCUT2D eigenvalue weighted by atomic mass is 16.5. The van der Waals surface area contributed by atoms with Gasteiger partial charge in [-0.2, -0.15) is 0 Å². The second kappa shape index (κ2) is 10.4. The summed E-state index contributed by atoms with van der Waals surface area (Å²) in [6, 6.07) is 15.4. The van der Waals surface area contributed by atoms with Crippen LogP contribution in [0.1, 0.15) is 30.2 Å². The Balaban J connectivity index is 1.38. The molecule has 3 aromatic rings. The lowest BCUT2D eigenvalue weighted by atomic mass is 10.1. The highest BCUT2D eigenvalue weighted by Crippen LogP contribution is 2.19. The Kier molecular flexibility index (Phi) is 7.38. The molecule has 1 heterocycles. The molecule has 0 atom stereocenters. The van der Waals surface area contributed by atoms with Gasteiger partial charge in [-0.25, -0.2) is 4.98 Å². The van der Waals surface area contributed by atoms with Crippen molar-refractivity contribution in [2.45, 2.75) is 33.1 Å². The van der Waals surface area contributed by atoms with Crippen LogP contribution in [0.15, 0.2) is 59.2 Å². The lowest BCUT2D eigenvalue weighted by molar-refractivity contribution is -0.123. The average Bonchev–Trinajstić information content (AvgIpc) is 3.21. The van der Waals surface area contributed by atoms with Gasteiger partial charge < -0.3 is 19.3 Å². The van der Waals surface area contributed by atoms with Crippen molar-refractivity contribution in [3.8, 4) is 17.2 Å². The third-order valence-electron chi connectivity index (χ3n) is 4.61. The van der Waals surface area contributed by atoms with Crippen LogP contribution in [-0.2, 0) is 22.4 Å². The molecule has 6 nitrogen and oxygen atoms in total. The fourth-order valence-corrected chi connectivity index (χ4v) is 2.85. The SMILES string of the molecule is CC(=O)CCc1ccc(OCC(=O)NCCc2coc(-c3ccc(C)cc3)n2)cc1. The molecule has 156 valence electrons. The normalized spacial score (nSPS) is 10.6. The molecule has 0 spiro atoms. The van der Waals surface area contributed by atoms with Crippen LogP contribution in [0, 0.1) is 6.92 Å². The number of nitrogens with one attached hydrogen (secondary N) is 1. The summed E-state index contributed by atoms with van der Waals surface area (Å²) in [5.41, 5.74) is 3.96. The summed E-state index contributed by atoms with van der Waals surface area (Å²) in [7, 11) is 0. The number of hydrogen-bond donors (Lipinski definition) is 1. The Morgan fingerprint density at radius 1 is 1.03 bits per heavy atom. The van der Waals surface area contributed by atoms with Gasteiger partial charge in [0.05, 0.1) is 5.69 Å². The van der Waals surface area contributed by atoms with Crippen molar-refractivity contribution in [3.05, 3.63) is 71.6 Å². The molecule has 0 aliphatic carbocycles. The summed E-state index contributed by atoms with van der Waals surface area (Å²) in [4.78, 5) is 27.5. The first kappa shape index (κ1) is 21.3. The van der Waals surface area contributed by atoms with Crippen molar-refractivity contribution in [1.29, 1.82) is 0 Å². The number of hydrogen-bond acceptors (Lipinski definition) is 5. The first-order valence-electron chi connectivity index (χ1n) is 9.99. The van der Waals surface area contributed by atoms with Gasteiger partial charge in [-0.3, -0.25) is 4.79 Å². The lowest BCUT2D eigenvalue weighted by Gasteiger charge is -2.07. The maximum absolute atomic E-state index is 12.0. The molecule has 0 saturated carbocycles. The number of rotatable bonds is 10. The molecule has 0 fully saturated rings. The van der Waals surface area contributed by atoms with Crippen molar-refractivity contribution in [1.82, 2.24) is 10.3 Å². The number of carbonyl (C=O) groups excluding carboxylic acids is 2. The second-order valence-electron chi connectivity index (χ2n) is 7.24. The van der Waals surface area contributed by atoms with Gasteiger partial charge in [0, 0.05) is 24.9 Å². The fourth-order valence-electron chi connectivity index (χ4n) is 2.85. The van der Waals surface area contributed by atoms with E-state index >= 15 is 0 Å². The van der Waals surface area contributed by atoms with Gasteiger partial charge in [-0.05, 0) is 50.1 Å². The smallest absolute Gasteiger partial charge is 0.257 e. The lowest BCUT2D eigenvalue weighted by Crippen LogP contribution is -2.30. The number of aryl methyl sites for hydroxylation is 2. The number of ether oxygens (including phenoxy) is 1. The van der Waals surface area contributed by atoms with Gasteiger partial charge in [0.15, 0.2) is 6.61 Å². The molecular weight excluding hydrogens is 380 g/mol. The summed E-state index contributed by atoms with van der Waals surface area (Å²) in [6.45, 7) is 4.01. The van der Waals surface area contributed by atoms with Crippen LogP contribution in [0.2, 0.25) is 0 Å². The van der Waals surface area contributed by atoms with E-state index in [-0.39, 0.29) is 18.3 Å². The Morgan fingerprint density at radius 3 is 2.47 bits per heavy atom. The van der Waals surface area contributed by atoms with Gasteiger partial charge in [0.25, 0.3) is 5.91 Å². The van der Waals surface area contributed by atoms with Crippen molar-refractivity contribution in [2.75, 3.05) is 13.2 Å². The quantitative estimate of drug-likeness (QED) is 0.552. The van der Waals surface area contributed by atoms with Crippen molar-refractivity contribution in [2.24, 2.45) is 0 Å². The van der Waals surface area contributed by atoms with Crippen LogP contribution in [0.3, 0.4) is 0 Å². The van der Waals surface area contributed by atoms with E-state index in [2.05, 4.69) is 10.3 Å². The van der Waals surface area contributed by atoms with Crippen LogP contribution >= 0.6 is 0 Å². The molecule has 0 aliphatic heterocycles. The van der Waals surface area contributed by atoms with Crippen molar-refractivity contribution < 1.29 is 18.7 Å². The first-order chi connectivity index (χ1) is 14.5. The van der Waals surface area contributed by atoms with Crippen LogP contribution in [0.5, 0.6) is 5.75 Å². The molecule has 0 aliphatic rings. The molecule has 0 saturated heterocycles. The highest BCUT2D eigenvalue weighted by Gasteiger charge is 2.08. The molecule has 1 amide bonds. The molecule has 1 aromatic heterocycles. The second-order valence-corrected chi connectivity index (χ2v) is 7.24. The topological polar surface area (TPSA) is 81.4 Å². The summed E-state index contributed by atoms with van der Waals surface area (Å²) >= 11 is 0. The summed E-state index contributed by atoms with van der Waals surface area (Å²) in [5.74, 6) is 1.17. The monoisotopic (exact) mass is 406 g/mol. The number of benzene rings is 2. The van der Waals surface area contributed by atoms with E-state index in [1.54, 1.807) is 13.2 Å². The number of nitrogens with zero attached hydrogens (tertiary/aromatic N) is 1. The third kappa shape index (κ3) is 6.58. The zero-order valence-electron chi connectivity index (χ0n) is 17.3. The summed E-state index contributed by atoms with van der Waals surface area (Å²) in [6.07, 6.45) is 3.43. The number of oxazole rings is 1. The van der Waals surface area contributed by atoms with Gasteiger partial charge in [0.1, 0.15) is 17.8 Å². The number of Topliss-reactive ketones (excluding diaryl/α,β-unsaturated/α-hetero) is 1. The molecular formula is C24H26N2O4. The average molecular weight is 406 g/mol. The minimum atomic E-state index is -0.196. The van der Waals surface area contributed by atoms with E-state index < -0.39 is 0 Å². The molecule has 30 heavy (non-hydrogen) atoms. The molecule has 3 rings (SSSR count). The number of carbonyl (C=O) groups is 2. The molecule has 2 aromatic carbocycles. The zero-order chi connectivity index (χ0) is 21.3. The van der Waals surface area contributed by atoms with Crippen molar-refractivity contribution in [3.63, 3.8) is 0 Å². The van der Waals surface area contributed by atoms with Gasteiger partial charge >= 0.3 is 0 Å². The molecule has 0 unspecified atom stereocenters. The van der Waals surface area contributed by atoms with Crippen molar-refractivity contribution >= 4 is 11.7 Å². The maximum atomic E-state index is 12.0. The predicted octanol–water partition coefficient (Wildman–Crippen LogP) is 3.91. The van der Waals surface area contributed by atoms with E-state index in [4.69, 9.17) is 9.15 Å². The van der Waals surface area contributed by atoms with E-state index in [1.165, 1.54) is 5.56 Å². The summed E-state index contributed by atoms with van der Waals surface area (Å²) in [5, 5.41) is 2.82. The Bertz CT molecular complexity index is 975. The molecule has 0 radical (unpaired) electrons. The van der Waals surface area contributed by atoms with E-state index in [0.717, 1.165) is 16.8 Å². The molecule has 1 N–H and O–H groups in total. The van der Waals surface area contributed by atoms with Gasteiger partial charge in [-0.15, -0.1) is 0 Å². The van der Waals surface area contributed by atoms with Crippen LogP contribution in [0.4, 0.5) is 0 Å². The van der Waals surface area contributed by atoms with Gasteiger partial charge in [0.2, 0.25) is 5.89 Å². The maximum Gasteiger partial charge on any atom is 0.257 e. The third-order valence-corrected chi connectivity index (χ3v) is 4.61. The predicted molar refractivity (Wildman–Crippen MR) is 114 cm³/mol. The Hall–Kier alpha value is -3.41. The highest BCUT2D eigenvalue weighted by molar-refractivity contribution is 5.77. The fraction of sp³-hybridized carbons (Fsp3) is 0.292. The minimum absolute atomic E-state index is 0.0553. The van der Waals surface area contributed by atoms with E-state index in [1.807, 2.05) is 55.5 Å². The minimum Gasteiger partial charge on any atom is -0.484 e. The van der Waals surface area contributed by atoms with Crippen LogP contribution in [-0.4, -0.2) is 29.8 Å². The van der Waals surface area contributed by atoms with Crippen LogP contribution in [0.25, 0.3) is 11.5 Å². The largest absolute Gasteiger partial charge is 0.484 e. The first-order valence-corrected chi connectivity index (χ1v) is 9.99. The molecule has 6 heteroatoms. The summed E-state index contributed by atoms with van der Waals surface area (Å²) < 4.78 is 11.0. The standard InChI is InChI=1S/C24H26N2O4/c1-17-3-9-20(10-4-17)24-26-21(15-30-24)13-14-25-23(28)16-29-22-11-7-19(8-12-22)6-5-18(2)27/h3-4,7-12,15H,5-6,13-14,16H2,1-2H3,(H,25,28). The number of ketones is 1. The van der Waals surface area contributed by atoms with Gasteiger partial charge in [-0.1, -0.05) is 29.8 Å². The Labute approximate surface area is 176 Å². The van der Waals surface area contributed by atoms with E-state index in [9.17, 15) is 9.59 Å².